The van der Waals surface area contributed by atoms with E-state index in [1.165, 1.54) is 0 Å². The Morgan fingerprint density at radius 3 is 2.32 bits per heavy atom. The van der Waals surface area contributed by atoms with Crippen molar-refractivity contribution in [1.82, 2.24) is 5.32 Å². The molecular formula is C17H27F3N2. The maximum absolute atomic E-state index is 12.6. The van der Waals surface area contributed by atoms with Gasteiger partial charge in [-0.3, -0.25) is 4.99 Å². The van der Waals surface area contributed by atoms with Crippen LogP contribution in [0.15, 0.2) is 29.9 Å². The van der Waals surface area contributed by atoms with Gasteiger partial charge in [0.2, 0.25) is 0 Å². The molecule has 0 aliphatic heterocycles. The second kappa shape index (κ2) is 8.51. The average molecular weight is 316 g/mol. The Labute approximate surface area is 131 Å². The quantitative estimate of drug-likeness (QED) is 0.532. The topological polar surface area (TPSA) is 24.4 Å². The summed E-state index contributed by atoms with van der Waals surface area (Å²) in [7, 11) is 0. The largest absolute Gasteiger partial charge is 0.391 e. The number of nitrogens with one attached hydrogen (secondary N) is 1. The lowest BCUT2D eigenvalue weighted by Crippen LogP contribution is -2.36. The first kappa shape index (κ1) is 18.9. The standard InChI is InChI=1S/C17H27F3N2/c1-5-16(13(4)21-10-12(2)3)22-11-14-6-8-15(9-7-14)17(18,19)20/h5,10,12,14-16,22H,1,4,6-9,11H2,2-3H3/t14?,15?,16-/m0/s1. The maximum atomic E-state index is 12.6. The van der Waals surface area contributed by atoms with Crippen LogP contribution in [0.25, 0.3) is 0 Å². The van der Waals surface area contributed by atoms with Crippen LogP contribution in [0, 0.1) is 17.8 Å². The van der Waals surface area contributed by atoms with Crippen LogP contribution in [-0.2, 0) is 0 Å². The Morgan fingerprint density at radius 2 is 1.86 bits per heavy atom. The van der Waals surface area contributed by atoms with Crippen LogP contribution in [0.1, 0.15) is 39.5 Å². The van der Waals surface area contributed by atoms with Crippen molar-refractivity contribution in [2.24, 2.45) is 22.7 Å². The normalized spacial score (nSPS) is 24.6. The Balaban J connectivity index is 2.39. The SMILES string of the molecule is C=C[C@H](NCC1CCC(C(F)(F)F)CC1)C(=C)N=CC(C)C. The van der Waals surface area contributed by atoms with E-state index in [2.05, 4.69) is 23.5 Å². The minimum absolute atomic E-state index is 0.129. The van der Waals surface area contributed by atoms with E-state index in [4.69, 9.17) is 0 Å². The molecule has 22 heavy (non-hydrogen) atoms. The molecule has 0 amide bonds. The lowest BCUT2D eigenvalue weighted by Gasteiger charge is -2.30. The first-order chi connectivity index (χ1) is 10.2. The summed E-state index contributed by atoms with van der Waals surface area (Å²) in [5, 5.41) is 3.30. The van der Waals surface area contributed by atoms with Crippen molar-refractivity contribution in [2.75, 3.05) is 6.54 Å². The highest BCUT2D eigenvalue weighted by molar-refractivity contribution is 5.61. The summed E-state index contributed by atoms with van der Waals surface area (Å²) in [6, 6.07) is -0.129. The zero-order chi connectivity index (χ0) is 16.8. The first-order valence-electron chi connectivity index (χ1n) is 7.89. The molecule has 1 saturated carbocycles. The molecule has 0 aromatic heterocycles. The number of hydrogen-bond donors (Lipinski definition) is 1. The summed E-state index contributed by atoms with van der Waals surface area (Å²) < 4.78 is 37.9. The predicted molar refractivity (Wildman–Crippen MR) is 86.0 cm³/mol. The smallest absolute Gasteiger partial charge is 0.305 e. The minimum atomic E-state index is -4.04. The molecule has 2 nitrogen and oxygen atoms in total. The van der Waals surface area contributed by atoms with E-state index in [1.54, 1.807) is 6.08 Å². The minimum Gasteiger partial charge on any atom is -0.305 e. The molecule has 1 aliphatic rings. The molecule has 0 saturated heterocycles. The molecule has 0 radical (unpaired) electrons. The molecule has 1 N–H and O–H groups in total. The Kier molecular flexibility index (Phi) is 7.33. The lowest BCUT2D eigenvalue weighted by atomic mass is 9.81. The third-order valence-corrected chi connectivity index (χ3v) is 4.07. The highest BCUT2D eigenvalue weighted by Gasteiger charge is 2.41. The van der Waals surface area contributed by atoms with E-state index in [-0.39, 0.29) is 24.8 Å². The number of rotatable bonds is 7. The monoisotopic (exact) mass is 316 g/mol. The first-order valence-corrected chi connectivity index (χ1v) is 7.89. The molecule has 1 rings (SSSR count). The van der Waals surface area contributed by atoms with Gasteiger partial charge in [-0.1, -0.05) is 26.5 Å². The zero-order valence-electron chi connectivity index (χ0n) is 13.5. The zero-order valence-corrected chi connectivity index (χ0v) is 13.5. The van der Waals surface area contributed by atoms with E-state index in [0.29, 0.717) is 31.0 Å². The summed E-state index contributed by atoms with van der Waals surface area (Å²) in [5.41, 5.74) is 0.688. The van der Waals surface area contributed by atoms with E-state index in [0.717, 1.165) is 0 Å². The van der Waals surface area contributed by atoms with Gasteiger partial charge in [0.1, 0.15) is 0 Å². The summed E-state index contributed by atoms with van der Waals surface area (Å²) in [6.45, 7) is 12.4. The van der Waals surface area contributed by atoms with Gasteiger partial charge in [-0.2, -0.15) is 13.2 Å². The van der Waals surface area contributed by atoms with Crippen LogP contribution in [0.3, 0.4) is 0 Å². The molecular weight excluding hydrogens is 289 g/mol. The molecule has 0 spiro atoms. The molecule has 0 bridgehead atoms. The summed E-state index contributed by atoms with van der Waals surface area (Å²) in [6.07, 6.45) is 1.23. The molecule has 0 unspecified atom stereocenters. The van der Waals surface area contributed by atoms with E-state index in [1.807, 2.05) is 20.1 Å². The van der Waals surface area contributed by atoms with E-state index >= 15 is 0 Å². The molecule has 1 atom stereocenters. The molecule has 1 fully saturated rings. The molecule has 0 aromatic rings. The van der Waals surface area contributed by atoms with Gasteiger partial charge in [0.05, 0.1) is 17.7 Å². The second-order valence-electron chi connectivity index (χ2n) is 6.39. The average Bonchev–Trinajstić information content (AvgIpc) is 2.45. The van der Waals surface area contributed by atoms with Gasteiger partial charge in [0.15, 0.2) is 0 Å². The van der Waals surface area contributed by atoms with Crippen LogP contribution in [0.5, 0.6) is 0 Å². The predicted octanol–water partition coefficient (Wildman–Crippen LogP) is 4.74. The van der Waals surface area contributed by atoms with Crippen molar-refractivity contribution in [3.05, 3.63) is 24.9 Å². The van der Waals surface area contributed by atoms with Crippen molar-refractivity contribution in [3.63, 3.8) is 0 Å². The van der Waals surface area contributed by atoms with E-state index in [9.17, 15) is 13.2 Å². The van der Waals surface area contributed by atoms with Gasteiger partial charge in [0, 0.05) is 6.21 Å². The Bertz CT molecular complexity index is 391. The van der Waals surface area contributed by atoms with Crippen molar-refractivity contribution in [1.29, 1.82) is 0 Å². The van der Waals surface area contributed by atoms with Gasteiger partial charge in [-0.25, -0.2) is 0 Å². The van der Waals surface area contributed by atoms with Gasteiger partial charge >= 0.3 is 6.18 Å². The third kappa shape index (κ3) is 6.34. The van der Waals surface area contributed by atoms with E-state index < -0.39 is 12.1 Å². The Hall–Kier alpha value is -1.10. The highest BCUT2D eigenvalue weighted by atomic mass is 19.4. The molecule has 0 aromatic carbocycles. The fourth-order valence-corrected chi connectivity index (χ4v) is 2.65. The highest BCUT2D eigenvalue weighted by Crippen LogP contribution is 2.39. The van der Waals surface area contributed by atoms with Crippen LogP contribution in [0.2, 0.25) is 0 Å². The molecule has 126 valence electrons. The van der Waals surface area contributed by atoms with Gasteiger partial charge in [-0.15, -0.1) is 6.58 Å². The van der Waals surface area contributed by atoms with Crippen LogP contribution < -0.4 is 5.32 Å². The number of hydrogen-bond acceptors (Lipinski definition) is 2. The summed E-state index contributed by atoms with van der Waals surface area (Å²) in [4.78, 5) is 4.30. The van der Waals surface area contributed by atoms with Gasteiger partial charge in [-0.05, 0) is 44.1 Å². The molecule has 5 heteroatoms. The van der Waals surface area contributed by atoms with Crippen LogP contribution in [-0.4, -0.2) is 25.0 Å². The second-order valence-corrected chi connectivity index (χ2v) is 6.39. The number of halogens is 3. The third-order valence-electron chi connectivity index (χ3n) is 4.07. The number of nitrogens with zero attached hydrogens (tertiary/aromatic N) is 1. The summed E-state index contributed by atoms with van der Waals surface area (Å²) in [5.74, 6) is -0.493. The van der Waals surface area contributed by atoms with Gasteiger partial charge < -0.3 is 5.32 Å². The van der Waals surface area contributed by atoms with Crippen molar-refractivity contribution in [3.8, 4) is 0 Å². The number of aliphatic imine (C=N–C) groups is 1. The summed E-state index contributed by atoms with van der Waals surface area (Å²) >= 11 is 0. The van der Waals surface area contributed by atoms with Crippen molar-refractivity contribution >= 4 is 6.21 Å². The fraction of sp³-hybridized carbons (Fsp3) is 0.706. The lowest BCUT2D eigenvalue weighted by molar-refractivity contribution is -0.183. The van der Waals surface area contributed by atoms with Crippen molar-refractivity contribution < 1.29 is 13.2 Å². The Morgan fingerprint density at radius 1 is 1.27 bits per heavy atom. The molecule has 0 heterocycles. The van der Waals surface area contributed by atoms with Crippen LogP contribution >= 0.6 is 0 Å². The van der Waals surface area contributed by atoms with Crippen molar-refractivity contribution in [2.45, 2.75) is 51.7 Å². The fourth-order valence-electron chi connectivity index (χ4n) is 2.65. The maximum Gasteiger partial charge on any atom is 0.391 e. The molecule has 1 aliphatic carbocycles. The van der Waals surface area contributed by atoms with Gasteiger partial charge in [0.25, 0.3) is 0 Å². The van der Waals surface area contributed by atoms with Crippen LogP contribution in [0.4, 0.5) is 13.2 Å². The number of alkyl halides is 3.